The van der Waals surface area contributed by atoms with Crippen LogP contribution in [0.25, 0.3) is 6.08 Å². The lowest BCUT2D eigenvalue weighted by atomic mass is 10.1. The second-order valence-electron chi connectivity index (χ2n) is 5.93. The molecule has 136 valence electrons. The predicted octanol–water partition coefficient (Wildman–Crippen LogP) is 5.42. The van der Waals surface area contributed by atoms with Crippen molar-refractivity contribution in [1.82, 2.24) is 10.3 Å². The number of carbonyl (C=O) groups excluding carboxylic acids is 1. The monoisotopic (exact) mass is 378 g/mol. The molecule has 1 N–H and O–H groups in total. The van der Waals surface area contributed by atoms with Crippen molar-refractivity contribution in [3.05, 3.63) is 95.2 Å². The molecule has 4 nitrogen and oxygen atoms in total. The van der Waals surface area contributed by atoms with Crippen molar-refractivity contribution in [2.24, 2.45) is 0 Å². The van der Waals surface area contributed by atoms with Crippen molar-refractivity contribution < 1.29 is 9.53 Å². The predicted molar refractivity (Wildman–Crippen MR) is 108 cm³/mol. The van der Waals surface area contributed by atoms with E-state index in [0.29, 0.717) is 16.7 Å². The van der Waals surface area contributed by atoms with Crippen LogP contribution in [0.15, 0.2) is 79.0 Å². The molecule has 0 fully saturated rings. The lowest BCUT2D eigenvalue weighted by Gasteiger charge is -2.14. The number of ether oxygens (including phenoxy) is 1. The maximum Gasteiger partial charge on any atom is 0.244 e. The van der Waals surface area contributed by atoms with Gasteiger partial charge in [-0.2, -0.15) is 0 Å². The summed E-state index contributed by atoms with van der Waals surface area (Å²) in [5.41, 5.74) is 1.73. The number of nitrogens with zero attached hydrogens (tertiary/aromatic N) is 1. The van der Waals surface area contributed by atoms with E-state index < -0.39 is 0 Å². The Bertz CT molecular complexity index is 942. The molecule has 0 saturated heterocycles. The molecule has 3 aromatic rings. The molecule has 0 aliphatic rings. The zero-order valence-corrected chi connectivity index (χ0v) is 15.6. The van der Waals surface area contributed by atoms with E-state index in [9.17, 15) is 4.79 Å². The smallest absolute Gasteiger partial charge is 0.244 e. The topological polar surface area (TPSA) is 51.2 Å². The Morgan fingerprint density at radius 1 is 1.11 bits per heavy atom. The fourth-order valence-corrected chi connectivity index (χ4v) is 2.69. The summed E-state index contributed by atoms with van der Waals surface area (Å²) in [4.78, 5) is 16.4. The van der Waals surface area contributed by atoms with Gasteiger partial charge in [0.15, 0.2) is 0 Å². The summed E-state index contributed by atoms with van der Waals surface area (Å²) >= 11 is 6.09. The average molecular weight is 379 g/mol. The van der Waals surface area contributed by atoms with Crippen LogP contribution < -0.4 is 10.1 Å². The first-order chi connectivity index (χ1) is 13.1. The molecule has 5 heteroatoms. The van der Waals surface area contributed by atoms with Gasteiger partial charge in [-0.05, 0) is 48.4 Å². The fraction of sp³-hybridized carbons (Fsp3) is 0.0909. The minimum atomic E-state index is -0.196. The molecular formula is C22H19ClN2O2. The van der Waals surface area contributed by atoms with Gasteiger partial charge in [0, 0.05) is 23.4 Å². The van der Waals surface area contributed by atoms with Gasteiger partial charge in [-0.15, -0.1) is 0 Å². The van der Waals surface area contributed by atoms with Crippen molar-refractivity contribution in [3.63, 3.8) is 0 Å². The summed E-state index contributed by atoms with van der Waals surface area (Å²) in [7, 11) is 0. The largest absolute Gasteiger partial charge is 0.439 e. The van der Waals surface area contributed by atoms with Crippen LogP contribution >= 0.6 is 11.6 Å². The van der Waals surface area contributed by atoms with Gasteiger partial charge in [0.2, 0.25) is 11.8 Å². The molecule has 1 amide bonds. The molecule has 0 aliphatic heterocycles. The molecule has 0 unspecified atom stereocenters. The van der Waals surface area contributed by atoms with E-state index >= 15 is 0 Å². The van der Waals surface area contributed by atoms with Crippen LogP contribution in [0.5, 0.6) is 11.6 Å². The van der Waals surface area contributed by atoms with Gasteiger partial charge in [-0.1, -0.05) is 48.0 Å². The van der Waals surface area contributed by atoms with E-state index in [-0.39, 0.29) is 11.9 Å². The highest BCUT2D eigenvalue weighted by atomic mass is 35.5. The number of amides is 1. The van der Waals surface area contributed by atoms with Gasteiger partial charge < -0.3 is 10.1 Å². The summed E-state index contributed by atoms with van der Waals surface area (Å²) in [6, 6.07) is 20.2. The highest BCUT2D eigenvalue weighted by molar-refractivity contribution is 6.32. The van der Waals surface area contributed by atoms with Crippen molar-refractivity contribution in [3.8, 4) is 11.6 Å². The molecule has 3 rings (SSSR count). The van der Waals surface area contributed by atoms with Gasteiger partial charge in [0.25, 0.3) is 0 Å². The Labute approximate surface area is 163 Å². The first-order valence-electron chi connectivity index (χ1n) is 8.54. The van der Waals surface area contributed by atoms with Crippen molar-refractivity contribution >= 4 is 23.6 Å². The molecular weight excluding hydrogens is 360 g/mol. The molecule has 0 bridgehead atoms. The SMILES string of the molecule is C[C@H](NC(=O)/C=C/c1ccccc1Cl)c1cccc(Oc2ccccn2)c1. The van der Waals surface area contributed by atoms with Crippen LogP contribution in [0.4, 0.5) is 0 Å². The summed E-state index contributed by atoms with van der Waals surface area (Å²) in [6.45, 7) is 1.92. The van der Waals surface area contributed by atoms with E-state index in [1.54, 1.807) is 24.4 Å². The van der Waals surface area contributed by atoms with Gasteiger partial charge in [-0.25, -0.2) is 4.98 Å². The number of halogens is 1. The first kappa shape index (κ1) is 18.7. The highest BCUT2D eigenvalue weighted by Gasteiger charge is 2.09. The minimum absolute atomic E-state index is 0.180. The van der Waals surface area contributed by atoms with Gasteiger partial charge in [-0.3, -0.25) is 4.79 Å². The Balaban J connectivity index is 1.63. The molecule has 27 heavy (non-hydrogen) atoms. The molecule has 0 spiro atoms. The Morgan fingerprint density at radius 3 is 2.70 bits per heavy atom. The maximum atomic E-state index is 12.2. The van der Waals surface area contributed by atoms with Crippen molar-refractivity contribution in [2.45, 2.75) is 13.0 Å². The molecule has 1 aromatic heterocycles. The number of nitrogens with one attached hydrogen (secondary N) is 1. The third-order valence-corrected chi connectivity index (χ3v) is 4.24. The number of hydrogen-bond donors (Lipinski definition) is 1. The van der Waals surface area contributed by atoms with Crippen LogP contribution in [0.1, 0.15) is 24.1 Å². The summed E-state index contributed by atoms with van der Waals surface area (Å²) in [5, 5.41) is 3.54. The zero-order valence-electron chi connectivity index (χ0n) is 14.8. The lowest BCUT2D eigenvalue weighted by Crippen LogP contribution is -2.24. The quantitative estimate of drug-likeness (QED) is 0.583. The summed E-state index contributed by atoms with van der Waals surface area (Å²) in [6.07, 6.45) is 4.85. The molecule has 0 radical (unpaired) electrons. The molecule has 1 heterocycles. The van der Waals surface area contributed by atoms with Crippen LogP contribution in [-0.2, 0) is 4.79 Å². The molecule has 2 aromatic carbocycles. The van der Waals surface area contributed by atoms with Crippen LogP contribution in [0, 0.1) is 0 Å². The summed E-state index contributed by atoms with van der Waals surface area (Å²) in [5.74, 6) is 0.992. The van der Waals surface area contributed by atoms with Gasteiger partial charge >= 0.3 is 0 Å². The van der Waals surface area contributed by atoms with E-state index in [2.05, 4.69) is 10.3 Å². The van der Waals surface area contributed by atoms with Crippen LogP contribution in [0.3, 0.4) is 0 Å². The van der Waals surface area contributed by atoms with Crippen LogP contribution in [0.2, 0.25) is 5.02 Å². The third-order valence-electron chi connectivity index (χ3n) is 3.90. The number of rotatable bonds is 6. The van der Waals surface area contributed by atoms with E-state index in [1.807, 2.05) is 61.5 Å². The standard InChI is InChI=1S/C22H19ClN2O2/c1-16(25-21(26)13-12-17-7-2-3-10-20(17)23)18-8-6-9-19(15-18)27-22-11-4-5-14-24-22/h2-16H,1H3,(H,25,26)/b13-12+/t16-/m0/s1. The van der Waals surface area contributed by atoms with Crippen molar-refractivity contribution in [2.75, 3.05) is 0 Å². The van der Waals surface area contributed by atoms with E-state index in [4.69, 9.17) is 16.3 Å². The van der Waals surface area contributed by atoms with E-state index in [1.165, 1.54) is 6.08 Å². The number of carbonyl (C=O) groups is 1. The van der Waals surface area contributed by atoms with Crippen molar-refractivity contribution in [1.29, 1.82) is 0 Å². The summed E-state index contributed by atoms with van der Waals surface area (Å²) < 4.78 is 5.74. The number of pyridine rings is 1. The first-order valence-corrected chi connectivity index (χ1v) is 8.91. The Hall–Kier alpha value is -3.11. The van der Waals surface area contributed by atoms with Gasteiger partial charge in [0.1, 0.15) is 5.75 Å². The average Bonchev–Trinajstić information content (AvgIpc) is 2.68. The second kappa shape index (κ2) is 9.01. The molecule has 1 atom stereocenters. The minimum Gasteiger partial charge on any atom is -0.439 e. The Kier molecular flexibility index (Phi) is 6.23. The zero-order chi connectivity index (χ0) is 19.1. The Morgan fingerprint density at radius 2 is 1.93 bits per heavy atom. The maximum absolute atomic E-state index is 12.2. The van der Waals surface area contributed by atoms with Gasteiger partial charge in [0.05, 0.1) is 6.04 Å². The number of benzene rings is 2. The lowest BCUT2D eigenvalue weighted by molar-refractivity contribution is -0.117. The molecule has 0 aliphatic carbocycles. The second-order valence-corrected chi connectivity index (χ2v) is 6.33. The van der Waals surface area contributed by atoms with E-state index in [0.717, 1.165) is 11.1 Å². The highest BCUT2D eigenvalue weighted by Crippen LogP contribution is 2.23. The molecule has 0 saturated carbocycles. The number of aromatic nitrogens is 1. The third kappa shape index (κ3) is 5.43. The van der Waals surface area contributed by atoms with Crippen LogP contribution in [-0.4, -0.2) is 10.9 Å². The number of hydrogen-bond acceptors (Lipinski definition) is 3. The normalized spacial score (nSPS) is 11.9. The fourth-order valence-electron chi connectivity index (χ4n) is 2.50.